The van der Waals surface area contributed by atoms with Gasteiger partial charge in [0.2, 0.25) is 11.8 Å². The number of carbonyl (C=O) groups excluding carboxylic acids is 2. The van der Waals surface area contributed by atoms with Crippen molar-refractivity contribution in [2.24, 2.45) is 0 Å². The lowest BCUT2D eigenvalue weighted by Crippen LogP contribution is -2.50. The van der Waals surface area contributed by atoms with Crippen LogP contribution in [0.25, 0.3) is 10.8 Å². The molecule has 4 nitrogen and oxygen atoms in total. The number of hydrogen-bond donors (Lipinski definition) is 1. The fraction of sp³-hybridized carbons (Fsp3) is 0.273. The highest BCUT2D eigenvalue weighted by Gasteiger charge is 2.30. The van der Waals surface area contributed by atoms with Crippen LogP contribution in [-0.2, 0) is 29.0 Å². The van der Waals surface area contributed by atoms with Crippen LogP contribution in [0.2, 0.25) is 0 Å². The van der Waals surface area contributed by atoms with Gasteiger partial charge in [-0.1, -0.05) is 114 Å². The van der Waals surface area contributed by atoms with Crippen LogP contribution in [0.3, 0.4) is 0 Å². The van der Waals surface area contributed by atoms with Crippen LogP contribution in [0.4, 0.5) is 0 Å². The molecule has 0 bridgehead atoms. The van der Waals surface area contributed by atoms with Gasteiger partial charge in [0, 0.05) is 30.4 Å². The Labute approximate surface area is 234 Å². The second-order valence-electron chi connectivity index (χ2n) is 9.64. The summed E-state index contributed by atoms with van der Waals surface area (Å²) in [7, 11) is 0. The molecule has 0 aromatic heterocycles. The molecule has 0 unspecified atom stereocenters. The Morgan fingerprint density at radius 1 is 0.868 bits per heavy atom. The van der Waals surface area contributed by atoms with Crippen LogP contribution in [0.5, 0.6) is 0 Å². The Balaban J connectivity index is 1.63. The van der Waals surface area contributed by atoms with E-state index in [1.165, 1.54) is 10.8 Å². The highest BCUT2D eigenvalue weighted by atomic mass is 79.9. The Morgan fingerprint density at radius 3 is 2.37 bits per heavy atom. The van der Waals surface area contributed by atoms with Crippen molar-refractivity contribution >= 4 is 38.5 Å². The van der Waals surface area contributed by atoms with Crippen LogP contribution in [0.1, 0.15) is 42.9 Å². The maximum atomic E-state index is 13.9. The lowest BCUT2D eigenvalue weighted by Gasteiger charge is -2.32. The number of carbonyl (C=O) groups is 2. The molecule has 0 fully saturated rings. The van der Waals surface area contributed by atoms with Crippen molar-refractivity contribution in [2.75, 3.05) is 6.54 Å². The summed E-state index contributed by atoms with van der Waals surface area (Å²) in [6, 6.07) is 31.8. The first-order valence-corrected chi connectivity index (χ1v) is 14.2. The van der Waals surface area contributed by atoms with E-state index in [-0.39, 0.29) is 11.8 Å². The fourth-order valence-electron chi connectivity index (χ4n) is 4.79. The van der Waals surface area contributed by atoms with Gasteiger partial charge in [-0.05, 0) is 52.4 Å². The van der Waals surface area contributed by atoms with Gasteiger partial charge in [-0.3, -0.25) is 9.59 Å². The number of hydrogen-bond acceptors (Lipinski definition) is 2. The maximum absolute atomic E-state index is 13.9. The lowest BCUT2D eigenvalue weighted by molar-refractivity contribution is -0.141. The number of amides is 2. The van der Waals surface area contributed by atoms with Gasteiger partial charge >= 0.3 is 0 Å². The Kier molecular flexibility index (Phi) is 10.1. The summed E-state index contributed by atoms with van der Waals surface area (Å²) in [5, 5.41) is 5.43. The average molecular weight is 572 g/mol. The molecule has 196 valence electrons. The summed E-state index contributed by atoms with van der Waals surface area (Å²) in [5.74, 6) is -0.125. The number of halogens is 1. The molecule has 4 rings (SSSR count). The Hall–Kier alpha value is -3.44. The molecule has 1 N–H and O–H groups in total. The van der Waals surface area contributed by atoms with E-state index in [0.717, 1.165) is 34.0 Å². The molecular weight excluding hydrogens is 536 g/mol. The largest absolute Gasteiger partial charge is 0.354 e. The molecule has 0 saturated heterocycles. The molecule has 0 spiro atoms. The van der Waals surface area contributed by atoms with Gasteiger partial charge in [0.1, 0.15) is 6.04 Å². The monoisotopic (exact) mass is 570 g/mol. The second kappa shape index (κ2) is 13.9. The molecule has 2 amide bonds. The minimum Gasteiger partial charge on any atom is -0.354 e. The van der Waals surface area contributed by atoms with Gasteiger partial charge in [-0.2, -0.15) is 0 Å². The van der Waals surface area contributed by atoms with E-state index in [0.29, 0.717) is 32.4 Å². The highest BCUT2D eigenvalue weighted by Crippen LogP contribution is 2.22. The number of nitrogens with zero attached hydrogens (tertiary/aromatic N) is 1. The van der Waals surface area contributed by atoms with E-state index in [2.05, 4.69) is 52.4 Å². The third kappa shape index (κ3) is 7.55. The second-order valence-corrected chi connectivity index (χ2v) is 10.6. The van der Waals surface area contributed by atoms with E-state index in [4.69, 9.17) is 0 Å². The highest BCUT2D eigenvalue weighted by molar-refractivity contribution is 9.10. The van der Waals surface area contributed by atoms with Crippen LogP contribution < -0.4 is 5.32 Å². The SMILES string of the molecule is CCCCNC(=O)[C@@H](Cc1ccccc1)N(Cc1cccc(Br)c1)C(=O)CCc1cccc2ccccc12. The third-order valence-corrected chi connectivity index (χ3v) is 7.32. The first-order valence-electron chi connectivity index (χ1n) is 13.4. The van der Waals surface area contributed by atoms with Gasteiger partial charge in [0.05, 0.1) is 0 Å². The molecule has 0 radical (unpaired) electrons. The van der Waals surface area contributed by atoms with Crippen molar-refractivity contribution < 1.29 is 9.59 Å². The smallest absolute Gasteiger partial charge is 0.243 e. The van der Waals surface area contributed by atoms with E-state index in [1.807, 2.05) is 72.8 Å². The minimum atomic E-state index is -0.603. The lowest BCUT2D eigenvalue weighted by atomic mass is 9.99. The number of nitrogens with one attached hydrogen (secondary N) is 1. The summed E-state index contributed by atoms with van der Waals surface area (Å²) in [4.78, 5) is 29.3. The van der Waals surface area contributed by atoms with Crippen molar-refractivity contribution in [3.63, 3.8) is 0 Å². The molecule has 0 saturated carbocycles. The molecule has 0 aliphatic carbocycles. The first kappa shape index (κ1) is 27.6. The molecule has 5 heteroatoms. The molecule has 1 atom stereocenters. The predicted octanol–water partition coefficient (Wildman–Crippen LogP) is 7.09. The van der Waals surface area contributed by atoms with Crippen LogP contribution in [0.15, 0.2) is 102 Å². The van der Waals surface area contributed by atoms with Gasteiger partial charge in [-0.15, -0.1) is 0 Å². The normalized spacial score (nSPS) is 11.7. The summed E-state index contributed by atoms with van der Waals surface area (Å²) in [6.07, 6.45) is 3.31. The Bertz CT molecular complexity index is 1350. The van der Waals surface area contributed by atoms with E-state index < -0.39 is 6.04 Å². The molecule has 4 aromatic carbocycles. The zero-order chi connectivity index (χ0) is 26.7. The van der Waals surface area contributed by atoms with Crippen molar-refractivity contribution in [1.82, 2.24) is 10.2 Å². The van der Waals surface area contributed by atoms with Crippen molar-refractivity contribution in [2.45, 2.75) is 51.6 Å². The maximum Gasteiger partial charge on any atom is 0.243 e. The number of fused-ring (bicyclic) bond motifs is 1. The Morgan fingerprint density at radius 2 is 1.58 bits per heavy atom. The quantitative estimate of drug-likeness (QED) is 0.185. The van der Waals surface area contributed by atoms with Crippen molar-refractivity contribution in [1.29, 1.82) is 0 Å². The van der Waals surface area contributed by atoms with Crippen LogP contribution in [-0.4, -0.2) is 29.3 Å². The van der Waals surface area contributed by atoms with Crippen molar-refractivity contribution in [3.05, 3.63) is 118 Å². The zero-order valence-electron chi connectivity index (χ0n) is 21.9. The van der Waals surface area contributed by atoms with Gasteiger partial charge in [-0.25, -0.2) is 0 Å². The molecule has 4 aromatic rings. The molecular formula is C33H35BrN2O2. The molecule has 0 heterocycles. The zero-order valence-corrected chi connectivity index (χ0v) is 23.5. The van der Waals surface area contributed by atoms with Crippen LogP contribution >= 0.6 is 15.9 Å². The standard InChI is InChI=1S/C33H35BrN2O2/c1-2-3-21-35-33(38)31(23-25-11-5-4-6-12-25)36(24-26-13-9-17-29(34)22-26)32(37)20-19-28-16-10-15-27-14-7-8-18-30(27)28/h4-18,22,31H,2-3,19-21,23-24H2,1H3,(H,35,38)/t31-/m1/s1. The molecule has 38 heavy (non-hydrogen) atoms. The predicted molar refractivity (Wildman–Crippen MR) is 159 cm³/mol. The average Bonchev–Trinajstić information content (AvgIpc) is 2.94. The first-order chi connectivity index (χ1) is 18.5. The van der Waals surface area contributed by atoms with Crippen LogP contribution in [0, 0.1) is 0 Å². The van der Waals surface area contributed by atoms with Gasteiger partial charge in [0.25, 0.3) is 0 Å². The van der Waals surface area contributed by atoms with Gasteiger partial charge in [0.15, 0.2) is 0 Å². The number of rotatable bonds is 12. The fourth-order valence-corrected chi connectivity index (χ4v) is 5.23. The summed E-state index contributed by atoms with van der Waals surface area (Å²) in [5.41, 5.74) is 3.16. The summed E-state index contributed by atoms with van der Waals surface area (Å²) >= 11 is 3.55. The van der Waals surface area contributed by atoms with E-state index >= 15 is 0 Å². The summed E-state index contributed by atoms with van der Waals surface area (Å²) in [6.45, 7) is 3.08. The van der Waals surface area contributed by atoms with E-state index in [9.17, 15) is 9.59 Å². The van der Waals surface area contributed by atoms with E-state index in [1.54, 1.807) is 4.90 Å². The number of benzene rings is 4. The van der Waals surface area contributed by atoms with Gasteiger partial charge < -0.3 is 10.2 Å². The minimum absolute atomic E-state index is 0.0236. The molecule has 0 aliphatic rings. The van der Waals surface area contributed by atoms with Crippen molar-refractivity contribution in [3.8, 4) is 0 Å². The summed E-state index contributed by atoms with van der Waals surface area (Å²) < 4.78 is 0.949. The molecule has 0 aliphatic heterocycles. The number of unbranched alkanes of at least 4 members (excludes halogenated alkanes) is 1. The third-order valence-electron chi connectivity index (χ3n) is 6.83. The topological polar surface area (TPSA) is 49.4 Å². The number of aryl methyl sites for hydroxylation is 1.